The van der Waals surface area contributed by atoms with Gasteiger partial charge in [0.25, 0.3) is 5.91 Å². The fourth-order valence-electron chi connectivity index (χ4n) is 2.07. The Morgan fingerprint density at radius 3 is 2.41 bits per heavy atom. The van der Waals surface area contributed by atoms with Crippen LogP contribution in [0.4, 0.5) is 10.5 Å². The second-order valence-electron chi connectivity index (χ2n) is 4.89. The number of nitrogens with one attached hydrogen (secondary N) is 3. The van der Waals surface area contributed by atoms with E-state index in [1.807, 2.05) is 37.3 Å². The average molecular weight is 297 g/mol. The monoisotopic (exact) mass is 297 g/mol. The van der Waals surface area contributed by atoms with Gasteiger partial charge in [0, 0.05) is 18.3 Å². The van der Waals surface area contributed by atoms with Gasteiger partial charge in [0.15, 0.2) is 0 Å². The van der Waals surface area contributed by atoms with Gasteiger partial charge in [-0.3, -0.25) is 4.79 Å². The number of rotatable bonds is 4. The molecule has 0 radical (unpaired) electrons. The van der Waals surface area contributed by atoms with Crippen LogP contribution < -0.4 is 16.0 Å². The fraction of sp³-hybridized carbons (Fsp3) is 0.176. The van der Waals surface area contributed by atoms with Crippen molar-refractivity contribution in [2.75, 3.05) is 12.4 Å². The number of carbonyl (C=O) groups excluding carboxylic acids is 2. The van der Waals surface area contributed by atoms with E-state index < -0.39 is 0 Å². The molecule has 1 atom stereocenters. The van der Waals surface area contributed by atoms with Gasteiger partial charge in [0.2, 0.25) is 0 Å². The molecule has 3 N–H and O–H groups in total. The van der Waals surface area contributed by atoms with Crippen molar-refractivity contribution in [3.05, 3.63) is 65.7 Å². The van der Waals surface area contributed by atoms with E-state index in [1.54, 1.807) is 31.3 Å². The molecule has 2 rings (SSSR count). The van der Waals surface area contributed by atoms with Crippen LogP contribution in [0.15, 0.2) is 54.6 Å². The first-order valence-electron chi connectivity index (χ1n) is 7.04. The van der Waals surface area contributed by atoms with Gasteiger partial charge in [0.05, 0.1) is 6.04 Å². The van der Waals surface area contributed by atoms with Crippen LogP contribution in [-0.4, -0.2) is 19.0 Å². The molecule has 5 heteroatoms. The van der Waals surface area contributed by atoms with Crippen LogP contribution in [-0.2, 0) is 0 Å². The fourth-order valence-corrected chi connectivity index (χ4v) is 2.07. The van der Waals surface area contributed by atoms with E-state index in [-0.39, 0.29) is 18.0 Å². The number of anilines is 1. The maximum Gasteiger partial charge on any atom is 0.319 e. The van der Waals surface area contributed by atoms with Crippen molar-refractivity contribution in [2.45, 2.75) is 13.0 Å². The van der Waals surface area contributed by atoms with Crippen LogP contribution >= 0.6 is 0 Å². The van der Waals surface area contributed by atoms with Crippen molar-refractivity contribution in [3.8, 4) is 0 Å². The molecule has 0 aromatic heterocycles. The lowest BCUT2D eigenvalue weighted by molar-refractivity contribution is 0.0963. The van der Waals surface area contributed by atoms with Gasteiger partial charge in [-0.25, -0.2) is 4.79 Å². The zero-order chi connectivity index (χ0) is 15.9. The summed E-state index contributed by atoms with van der Waals surface area (Å²) in [5.74, 6) is -0.193. The van der Waals surface area contributed by atoms with Crippen LogP contribution in [0.2, 0.25) is 0 Å². The number of hydrogen-bond acceptors (Lipinski definition) is 2. The number of urea groups is 1. The Bertz CT molecular complexity index is 656. The summed E-state index contributed by atoms with van der Waals surface area (Å²) in [6.07, 6.45) is 0. The first-order valence-corrected chi connectivity index (χ1v) is 7.04. The van der Waals surface area contributed by atoms with Crippen molar-refractivity contribution in [3.63, 3.8) is 0 Å². The smallest absolute Gasteiger partial charge is 0.319 e. The topological polar surface area (TPSA) is 70.2 Å². The molecule has 2 aromatic carbocycles. The summed E-state index contributed by atoms with van der Waals surface area (Å²) in [5.41, 5.74) is 2.09. The van der Waals surface area contributed by atoms with E-state index in [2.05, 4.69) is 16.0 Å². The third kappa shape index (κ3) is 4.09. The summed E-state index contributed by atoms with van der Waals surface area (Å²) in [6, 6.07) is 16.1. The Labute approximate surface area is 129 Å². The lowest BCUT2D eigenvalue weighted by atomic mass is 10.1. The Morgan fingerprint density at radius 1 is 1.00 bits per heavy atom. The van der Waals surface area contributed by atoms with Gasteiger partial charge < -0.3 is 16.0 Å². The summed E-state index contributed by atoms with van der Waals surface area (Å²) in [7, 11) is 1.57. The van der Waals surface area contributed by atoms with E-state index in [9.17, 15) is 9.59 Å². The number of hydrogen-bond donors (Lipinski definition) is 3. The predicted octanol–water partition coefficient (Wildman–Crippen LogP) is 2.93. The van der Waals surface area contributed by atoms with Crippen molar-refractivity contribution in [2.24, 2.45) is 0 Å². The second kappa shape index (κ2) is 7.26. The minimum absolute atomic E-state index is 0.108. The molecule has 5 nitrogen and oxygen atoms in total. The minimum Gasteiger partial charge on any atom is -0.355 e. The maximum absolute atomic E-state index is 12.0. The molecule has 0 bridgehead atoms. The average Bonchev–Trinajstić information content (AvgIpc) is 2.55. The molecule has 3 amide bonds. The molecular formula is C17H19N3O2. The van der Waals surface area contributed by atoms with Crippen molar-refractivity contribution >= 4 is 17.6 Å². The highest BCUT2D eigenvalue weighted by molar-refractivity contribution is 5.96. The Hall–Kier alpha value is -2.82. The van der Waals surface area contributed by atoms with Gasteiger partial charge in [-0.2, -0.15) is 0 Å². The van der Waals surface area contributed by atoms with Crippen LogP contribution in [0.1, 0.15) is 28.9 Å². The molecule has 2 aromatic rings. The SMILES string of the molecule is CNC(=O)c1cccc(NC(=O)N[C@H](C)c2ccccc2)c1. The number of benzene rings is 2. The van der Waals surface area contributed by atoms with E-state index in [4.69, 9.17) is 0 Å². The molecule has 0 saturated heterocycles. The normalized spacial score (nSPS) is 11.4. The van der Waals surface area contributed by atoms with E-state index >= 15 is 0 Å². The third-order valence-corrected chi connectivity index (χ3v) is 3.26. The van der Waals surface area contributed by atoms with E-state index in [0.717, 1.165) is 5.56 Å². The Kier molecular flexibility index (Phi) is 5.14. The highest BCUT2D eigenvalue weighted by Gasteiger charge is 2.10. The molecule has 0 aliphatic carbocycles. The summed E-state index contributed by atoms with van der Waals surface area (Å²) in [4.78, 5) is 23.6. The van der Waals surface area contributed by atoms with Gasteiger partial charge in [-0.15, -0.1) is 0 Å². The zero-order valence-corrected chi connectivity index (χ0v) is 12.6. The Balaban J connectivity index is 1.99. The van der Waals surface area contributed by atoms with Gasteiger partial charge in [0.1, 0.15) is 0 Å². The highest BCUT2D eigenvalue weighted by atomic mass is 16.2. The standard InChI is InChI=1S/C17H19N3O2/c1-12(13-7-4-3-5-8-13)19-17(22)20-15-10-6-9-14(11-15)16(21)18-2/h3-12H,1-2H3,(H,18,21)(H2,19,20,22)/t12-/m1/s1. The van der Waals surface area contributed by atoms with Crippen LogP contribution in [0.5, 0.6) is 0 Å². The number of amides is 3. The third-order valence-electron chi connectivity index (χ3n) is 3.26. The Morgan fingerprint density at radius 2 is 1.73 bits per heavy atom. The van der Waals surface area contributed by atoms with E-state index in [1.165, 1.54) is 0 Å². The van der Waals surface area contributed by atoms with Gasteiger partial charge in [-0.05, 0) is 30.7 Å². The molecule has 0 aliphatic rings. The van der Waals surface area contributed by atoms with Gasteiger partial charge in [-0.1, -0.05) is 36.4 Å². The zero-order valence-electron chi connectivity index (χ0n) is 12.6. The molecule has 0 aliphatic heterocycles. The second-order valence-corrected chi connectivity index (χ2v) is 4.89. The summed E-state index contributed by atoms with van der Waals surface area (Å²) in [6.45, 7) is 1.91. The van der Waals surface area contributed by atoms with Crippen LogP contribution in [0.25, 0.3) is 0 Å². The summed E-state index contributed by atoms with van der Waals surface area (Å²) in [5, 5.41) is 8.14. The molecule has 0 unspecified atom stereocenters. The largest absolute Gasteiger partial charge is 0.355 e. The quantitative estimate of drug-likeness (QED) is 0.812. The molecule has 22 heavy (non-hydrogen) atoms. The van der Waals surface area contributed by atoms with Crippen LogP contribution in [0.3, 0.4) is 0 Å². The summed E-state index contributed by atoms with van der Waals surface area (Å²) >= 11 is 0. The maximum atomic E-state index is 12.0. The highest BCUT2D eigenvalue weighted by Crippen LogP contribution is 2.13. The molecule has 0 fully saturated rings. The summed E-state index contributed by atoms with van der Waals surface area (Å²) < 4.78 is 0. The van der Waals surface area contributed by atoms with Crippen molar-refractivity contribution in [1.82, 2.24) is 10.6 Å². The molecule has 0 spiro atoms. The van der Waals surface area contributed by atoms with E-state index in [0.29, 0.717) is 11.3 Å². The molecular weight excluding hydrogens is 278 g/mol. The van der Waals surface area contributed by atoms with Crippen LogP contribution in [0, 0.1) is 0 Å². The minimum atomic E-state index is -0.314. The predicted molar refractivity (Wildman–Crippen MR) is 86.8 cm³/mol. The van der Waals surface area contributed by atoms with Crippen molar-refractivity contribution in [1.29, 1.82) is 0 Å². The molecule has 0 heterocycles. The first kappa shape index (κ1) is 15.6. The lowest BCUT2D eigenvalue weighted by Gasteiger charge is -2.15. The first-order chi connectivity index (χ1) is 10.6. The number of carbonyl (C=O) groups is 2. The van der Waals surface area contributed by atoms with Gasteiger partial charge >= 0.3 is 6.03 Å². The molecule has 114 valence electrons. The molecule has 0 saturated carbocycles. The van der Waals surface area contributed by atoms with Crippen molar-refractivity contribution < 1.29 is 9.59 Å². The lowest BCUT2D eigenvalue weighted by Crippen LogP contribution is -2.31.